The first-order chi connectivity index (χ1) is 8.63. The number of carboxylic acid groups (broad SMARTS) is 1. The summed E-state index contributed by atoms with van der Waals surface area (Å²) in [6.07, 6.45) is 2.66. The van der Waals surface area contributed by atoms with E-state index < -0.39 is 5.97 Å². The van der Waals surface area contributed by atoms with E-state index in [1.165, 1.54) is 4.90 Å². The van der Waals surface area contributed by atoms with Crippen molar-refractivity contribution in [1.82, 2.24) is 9.80 Å². The van der Waals surface area contributed by atoms with Gasteiger partial charge in [-0.2, -0.15) is 0 Å². The molecule has 18 heavy (non-hydrogen) atoms. The van der Waals surface area contributed by atoms with E-state index in [1.807, 2.05) is 6.92 Å². The van der Waals surface area contributed by atoms with Gasteiger partial charge in [0.15, 0.2) is 0 Å². The Kier molecular flexibility index (Phi) is 4.06. The van der Waals surface area contributed by atoms with E-state index >= 15 is 0 Å². The maximum atomic E-state index is 12.4. The lowest BCUT2D eigenvalue weighted by molar-refractivity contribution is -0.138. The molecule has 6 heteroatoms. The predicted molar refractivity (Wildman–Crippen MR) is 64.4 cm³/mol. The average molecular weight is 256 g/mol. The molecule has 1 N–H and O–H groups in total. The molecule has 1 unspecified atom stereocenters. The van der Waals surface area contributed by atoms with E-state index in [0.717, 1.165) is 19.3 Å². The van der Waals surface area contributed by atoms with E-state index in [9.17, 15) is 9.59 Å². The molecule has 0 aromatic heterocycles. The Morgan fingerprint density at radius 3 is 2.72 bits per heavy atom. The van der Waals surface area contributed by atoms with Crippen LogP contribution in [0, 0.1) is 0 Å². The number of aliphatic carboxylic acids is 1. The zero-order valence-corrected chi connectivity index (χ0v) is 10.7. The molecule has 0 aromatic rings. The molecular weight excluding hydrogens is 236 g/mol. The monoisotopic (exact) mass is 256 g/mol. The van der Waals surface area contributed by atoms with E-state index in [2.05, 4.69) is 0 Å². The second-order valence-corrected chi connectivity index (χ2v) is 4.87. The molecule has 102 valence electrons. The molecule has 0 bridgehead atoms. The lowest BCUT2D eigenvalue weighted by Crippen LogP contribution is -2.54. The highest BCUT2D eigenvalue weighted by atomic mass is 16.5. The standard InChI is InChI=1S/C12H20N2O4/c1-2-9-8-18-6-5-13(9)12(17)14(7-11(15)16)10-3-4-10/h9-10H,2-8H2,1H3,(H,15,16). The highest BCUT2D eigenvalue weighted by Crippen LogP contribution is 2.28. The van der Waals surface area contributed by atoms with Crippen LogP contribution in [-0.4, -0.2) is 65.3 Å². The molecule has 2 amide bonds. The van der Waals surface area contributed by atoms with Gasteiger partial charge in [-0.15, -0.1) is 0 Å². The van der Waals surface area contributed by atoms with Gasteiger partial charge in [-0.25, -0.2) is 4.79 Å². The van der Waals surface area contributed by atoms with Gasteiger partial charge < -0.3 is 19.6 Å². The molecule has 1 aliphatic carbocycles. The summed E-state index contributed by atoms with van der Waals surface area (Å²) in [6.45, 7) is 3.46. The van der Waals surface area contributed by atoms with Crippen LogP contribution in [0.15, 0.2) is 0 Å². The molecule has 6 nitrogen and oxygen atoms in total. The molecule has 1 aliphatic heterocycles. The molecule has 2 aliphatic rings. The second-order valence-electron chi connectivity index (χ2n) is 4.87. The Morgan fingerprint density at radius 2 is 2.17 bits per heavy atom. The number of amides is 2. The predicted octanol–water partition coefficient (Wildman–Crippen LogP) is 0.766. The quantitative estimate of drug-likeness (QED) is 0.806. The van der Waals surface area contributed by atoms with E-state index in [1.54, 1.807) is 4.90 Å². The third kappa shape index (κ3) is 2.93. The first kappa shape index (κ1) is 13.1. The molecule has 0 radical (unpaired) electrons. The summed E-state index contributed by atoms with van der Waals surface area (Å²) in [5.74, 6) is -0.948. The number of morpholine rings is 1. The number of rotatable bonds is 4. The molecule has 1 saturated carbocycles. The Hall–Kier alpha value is -1.30. The molecule has 0 aromatic carbocycles. The third-order valence-corrected chi connectivity index (χ3v) is 3.48. The molecule has 2 rings (SSSR count). The summed E-state index contributed by atoms with van der Waals surface area (Å²) in [7, 11) is 0. The summed E-state index contributed by atoms with van der Waals surface area (Å²) in [4.78, 5) is 26.5. The average Bonchev–Trinajstić information content (AvgIpc) is 3.19. The SMILES string of the molecule is CCC1COCCN1C(=O)N(CC(=O)O)C1CC1. The fraction of sp³-hybridized carbons (Fsp3) is 0.833. The minimum atomic E-state index is -0.948. The van der Waals surface area contributed by atoms with Gasteiger partial charge in [-0.1, -0.05) is 6.92 Å². The maximum absolute atomic E-state index is 12.4. The Bertz CT molecular complexity index is 330. The first-order valence-corrected chi connectivity index (χ1v) is 6.50. The zero-order valence-electron chi connectivity index (χ0n) is 10.7. The van der Waals surface area contributed by atoms with Gasteiger partial charge in [0.2, 0.25) is 0 Å². The lowest BCUT2D eigenvalue weighted by atomic mass is 10.2. The van der Waals surface area contributed by atoms with Crippen molar-refractivity contribution in [3.63, 3.8) is 0 Å². The van der Waals surface area contributed by atoms with Crippen molar-refractivity contribution < 1.29 is 19.4 Å². The minimum Gasteiger partial charge on any atom is -0.480 e. The van der Waals surface area contributed by atoms with Crippen LogP contribution in [0.5, 0.6) is 0 Å². The summed E-state index contributed by atoms with van der Waals surface area (Å²) < 4.78 is 5.36. The van der Waals surface area contributed by atoms with Gasteiger partial charge in [-0.05, 0) is 19.3 Å². The van der Waals surface area contributed by atoms with Crippen LogP contribution in [0.25, 0.3) is 0 Å². The van der Waals surface area contributed by atoms with E-state index in [4.69, 9.17) is 9.84 Å². The van der Waals surface area contributed by atoms with Crippen molar-refractivity contribution >= 4 is 12.0 Å². The topological polar surface area (TPSA) is 70.1 Å². The van der Waals surface area contributed by atoms with Crippen molar-refractivity contribution in [3.8, 4) is 0 Å². The van der Waals surface area contributed by atoms with Crippen LogP contribution in [-0.2, 0) is 9.53 Å². The van der Waals surface area contributed by atoms with Gasteiger partial charge in [0.25, 0.3) is 0 Å². The van der Waals surface area contributed by atoms with Crippen LogP contribution in [0.4, 0.5) is 4.79 Å². The highest BCUT2D eigenvalue weighted by Gasteiger charge is 2.38. The molecule has 1 atom stereocenters. The van der Waals surface area contributed by atoms with Crippen LogP contribution in [0.1, 0.15) is 26.2 Å². The Balaban J connectivity index is 2.03. The number of ether oxygens (including phenoxy) is 1. The number of urea groups is 1. The first-order valence-electron chi connectivity index (χ1n) is 6.50. The van der Waals surface area contributed by atoms with Gasteiger partial charge in [0, 0.05) is 12.6 Å². The van der Waals surface area contributed by atoms with Gasteiger partial charge in [0.05, 0.1) is 19.3 Å². The number of nitrogens with zero attached hydrogens (tertiary/aromatic N) is 2. The molecular formula is C12H20N2O4. The number of carbonyl (C=O) groups is 2. The molecule has 2 fully saturated rings. The second kappa shape index (κ2) is 5.56. The fourth-order valence-electron chi connectivity index (χ4n) is 2.29. The number of hydrogen-bond donors (Lipinski definition) is 1. The highest BCUT2D eigenvalue weighted by molar-refractivity contribution is 5.81. The zero-order chi connectivity index (χ0) is 13.1. The summed E-state index contributed by atoms with van der Waals surface area (Å²) in [6, 6.07) is 0.0466. The van der Waals surface area contributed by atoms with Crippen molar-refractivity contribution in [1.29, 1.82) is 0 Å². The normalized spacial score (nSPS) is 23.8. The third-order valence-electron chi connectivity index (χ3n) is 3.48. The van der Waals surface area contributed by atoms with Crippen LogP contribution in [0.2, 0.25) is 0 Å². The van der Waals surface area contributed by atoms with Crippen molar-refractivity contribution in [2.24, 2.45) is 0 Å². The van der Waals surface area contributed by atoms with Crippen LogP contribution < -0.4 is 0 Å². The van der Waals surface area contributed by atoms with Crippen LogP contribution in [0.3, 0.4) is 0 Å². The van der Waals surface area contributed by atoms with Crippen molar-refractivity contribution in [3.05, 3.63) is 0 Å². The summed E-state index contributed by atoms with van der Waals surface area (Å²) in [5, 5.41) is 8.89. The summed E-state index contributed by atoms with van der Waals surface area (Å²) >= 11 is 0. The lowest BCUT2D eigenvalue weighted by Gasteiger charge is -2.38. The molecule has 0 spiro atoms. The number of carboxylic acids is 1. The maximum Gasteiger partial charge on any atom is 0.323 e. The smallest absolute Gasteiger partial charge is 0.323 e. The van der Waals surface area contributed by atoms with E-state index in [-0.39, 0.29) is 24.7 Å². The van der Waals surface area contributed by atoms with E-state index in [0.29, 0.717) is 19.8 Å². The van der Waals surface area contributed by atoms with Gasteiger partial charge >= 0.3 is 12.0 Å². The molecule has 1 saturated heterocycles. The van der Waals surface area contributed by atoms with Gasteiger partial charge in [-0.3, -0.25) is 4.79 Å². The number of carbonyl (C=O) groups excluding carboxylic acids is 1. The van der Waals surface area contributed by atoms with Gasteiger partial charge in [0.1, 0.15) is 6.54 Å². The van der Waals surface area contributed by atoms with Crippen molar-refractivity contribution in [2.45, 2.75) is 38.3 Å². The summed E-state index contributed by atoms with van der Waals surface area (Å²) in [5.41, 5.74) is 0. The molecule has 1 heterocycles. The Labute approximate surface area is 106 Å². The Morgan fingerprint density at radius 1 is 1.44 bits per heavy atom. The van der Waals surface area contributed by atoms with Crippen molar-refractivity contribution in [2.75, 3.05) is 26.3 Å². The fourth-order valence-corrected chi connectivity index (χ4v) is 2.29. The minimum absolute atomic E-state index is 0.0706. The van der Waals surface area contributed by atoms with Crippen LogP contribution >= 0.6 is 0 Å². The number of hydrogen-bond acceptors (Lipinski definition) is 3. The largest absolute Gasteiger partial charge is 0.480 e.